The molecule has 0 saturated heterocycles. The van der Waals surface area contributed by atoms with Gasteiger partial charge in [0, 0.05) is 17.7 Å². The van der Waals surface area contributed by atoms with Crippen LogP contribution in [0.5, 0.6) is 5.75 Å². The summed E-state index contributed by atoms with van der Waals surface area (Å²) in [5.41, 5.74) is 0.585. The van der Waals surface area contributed by atoms with Crippen molar-refractivity contribution >= 4 is 17.3 Å². The van der Waals surface area contributed by atoms with Crippen LogP contribution in [-0.2, 0) is 11.4 Å². The molecule has 6 nitrogen and oxygen atoms in total. The van der Waals surface area contributed by atoms with Crippen molar-refractivity contribution in [3.05, 3.63) is 69.8 Å². The van der Waals surface area contributed by atoms with Crippen molar-refractivity contribution in [2.75, 3.05) is 0 Å². The standard InChI is InChI=1S/C17H12F3NO5/c18-17(19,20)16(23)9-15(22)12-3-7-14(8-4-12)26-10-11-1-5-13(6-2-11)21(24)25/h1-8H,9-10H2. The van der Waals surface area contributed by atoms with E-state index in [0.717, 1.165) is 0 Å². The van der Waals surface area contributed by atoms with E-state index in [2.05, 4.69) is 0 Å². The number of carbonyl (C=O) groups is 2. The van der Waals surface area contributed by atoms with Crippen LogP contribution >= 0.6 is 0 Å². The fourth-order valence-electron chi connectivity index (χ4n) is 1.97. The first-order valence-electron chi connectivity index (χ1n) is 7.26. The number of ketones is 2. The van der Waals surface area contributed by atoms with Crippen LogP contribution in [0, 0.1) is 10.1 Å². The Labute approximate surface area is 145 Å². The number of nitro groups is 1. The van der Waals surface area contributed by atoms with Crippen molar-refractivity contribution in [1.82, 2.24) is 0 Å². The smallest absolute Gasteiger partial charge is 0.450 e. The number of nitrogens with zero attached hydrogens (tertiary/aromatic N) is 1. The SMILES string of the molecule is O=C(CC(=O)C(F)(F)F)c1ccc(OCc2ccc([N+](=O)[O-])cc2)cc1. The van der Waals surface area contributed by atoms with Gasteiger partial charge in [0.25, 0.3) is 5.69 Å². The van der Waals surface area contributed by atoms with Crippen molar-refractivity contribution in [1.29, 1.82) is 0 Å². The number of hydrogen-bond acceptors (Lipinski definition) is 5. The van der Waals surface area contributed by atoms with Gasteiger partial charge in [0.1, 0.15) is 12.4 Å². The summed E-state index contributed by atoms with van der Waals surface area (Å²) in [5, 5.41) is 10.6. The fraction of sp³-hybridized carbons (Fsp3) is 0.176. The molecule has 0 amide bonds. The Morgan fingerprint density at radius 2 is 1.58 bits per heavy atom. The summed E-state index contributed by atoms with van der Waals surface area (Å²) in [6.07, 6.45) is -6.28. The monoisotopic (exact) mass is 367 g/mol. The van der Waals surface area contributed by atoms with E-state index in [0.29, 0.717) is 11.3 Å². The minimum atomic E-state index is -5.04. The predicted molar refractivity (Wildman–Crippen MR) is 83.9 cm³/mol. The molecule has 0 radical (unpaired) electrons. The van der Waals surface area contributed by atoms with E-state index in [1.807, 2.05) is 0 Å². The van der Waals surface area contributed by atoms with Crippen molar-refractivity contribution in [2.45, 2.75) is 19.2 Å². The van der Waals surface area contributed by atoms with Gasteiger partial charge in [-0.3, -0.25) is 19.7 Å². The van der Waals surface area contributed by atoms with Gasteiger partial charge in [-0.25, -0.2) is 0 Å². The summed E-state index contributed by atoms with van der Waals surface area (Å²) >= 11 is 0. The van der Waals surface area contributed by atoms with Crippen LogP contribution in [0.3, 0.4) is 0 Å². The van der Waals surface area contributed by atoms with Crippen molar-refractivity contribution in [2.24, 2.45) is 0 Å². The van der Waals surface area contributed by atoms with Gasteiger partial charge in [0.2, 0.25) is 5.78 Å². The van der Waals surface area contributed by atoms with E-state index >= 15 is 0 Å². The van der Waals surface area contributed by atoms with Gasteiger partial charge in [-0.1, -0.05) is 0 Å². The Kier molecular flexibility index (Phi) is 5.71. The summed E-state index contributed by atoms with van der Waals surface area (Å²) in [7, 11) is 0. The summed E-state index contributed by atoms with van der Waals surface area (Å²) in [6, 6.07) is 11.0. The Morgan fingerprint density at radius 1 is 1.00 bits per heavy atom. The third-order valence-electron chi connectivity index (χ3n) is 3.37. The number of carbonyl (C=O) groups excluding carboxylic acids is 2. The van der Waals surface area contributed by atoms with Crippen LogP contribution in [0.1, 0.15) is 22.3 Å². The van der Waals surface area contributed by atoms with Gasteiger partial charge in [-0.05, 0) is 42.0 Å². The summed E-state index contributed by atoms with van der Waals surface area (Å²) in [5.74, 6) is -2.68. The quantitative estimate of drug-likeness (QED) is 0.321. The number of ether oxygens (including phenoxy) is 1. The summed E-state index contributed by atoms with van der Waals surface area (Å²) in [4.78, 5) is 32.5. The predicted octanol–water partition coefficient (Wildman–Crippen LogP) is 3.88. The molecule has 0 fully saturated rings. The van der Waals surface area contributed by atoms with E-state index in [-0.39, 0.29) is 17.9 Å². The number of rotatable bonds is 7. The first-order valence-corrected chi connectivity index (χ1v) is 7.26. The minimum absolute atomic E-state index is 0.0368. The maximum atomic E-state index is 12.2. The average molecular weight is 367 g/mol. The molecule has 0 unspecified atom stereocenters. The molecule has 0 saturated carbocycles. The number of alkyl halides is 3. The zero-order valence-electron chi connectivity index (χ0n) is 13.2. The number of hydrogen-bond donors (Lipinski definition) is 0. The number of non-ortho nitro benzene ring substituents is 1. The highest BCUT2D eigenvalue weighted by Crippen LogP contribution is 2.21. The highest BCUT2D eigenvalue weighted by atomic mass is 19.4. The van der Waals surface area contributed by atoms with Crippen LogP contribution in [0.4, 0.5) is 18.9 Å². The van der Waals surface area contributed by atoms with Gasteiger partial charge in [0.15, 0.2) is 5.78 Å². The zero-order chi connectivity index (χ0) is 19.3. The Hall–Kier alpha value is -3.23. The molecule has 2 aromatic carbocycles. The number of nitro benzene ring substituents is 1. The van der Waals surface area contributed by atoms with Crippen LogP contribution in [-0.4, -0.2) is 22.7 Å². The second-order valence-electron chi connectivity index (χ2n) is 5.26. The maximum Gasteiger partial charge on any atom is 0.450 e. The molecular formula is C17H12F3NO5. The highest BCUT2D eigenvalue weighted by molar-refractivity contribution is 6.09. The second kappa shape index (κ2) is 7.77. The molecule has 0 atom stereocenters. The number of halogens is 3. The van der Waals surface area contributed by atoms with Crippen molar-refractivity contribution in [3.63, 3.8) is 0 Å². The molecule has 2 aromatic rings. The molecule has 0 aliphatic heterocycles. The van der Waals surface area contributed by atoms with Crippen LogP contribution < -0.4 is 4.74 Å². The third kappa shape index (κ3) is 5.13. The molecule has 2 rings (SSSR count). The third-order valence-corrected chi connectivity index (χ3v) is 3.37. The first-order chi connectivity index (χ1) is 12.2. The lowest BCUT2D eigenvalue weighted by Gasteiger charge is -2.08. The largest absolute Gasteiger partial charge is 0.489 e. The van der Waals surface area contributed by atoms with E-state index in [1.54, 1.807) is 0 Å². The van der Waals surface area contributed by atoms with Crippen LogP contribution in [0.25, 0.3) is 0 Å². The molecule has 136 valence electrons. The van der Waals surface area contributed by atoms with Gasteiger partial charge in [-0.15, -0.1) is 0 Å². The molecule has 0 bridgehead atoms. The molecule has 9 heteroatoms. The maximum absolute atomic E-state index is 12.2. The van der Waals surface area contributed by atoms with Gasteiger partial charge < -0.3 is 4.74 Å². The van der Waals surface area contributed by atoms with E-state index in [4.69, 9.17) is 4.74 Å². The number of benzene rings is 2. The highest BCUT2D eigenvalue weighted by Gasteiger charge is 2.39. The Balaban J connectivity index is 1.93. The van der Waals surface area contributed by atoms with Gasteiger partial charge >= 0.3 is 6.18 Å². The van der Waals surface area contributed by atoms with Crippen LogP contribution in [0.2, 0.25) is 0 Å². The Morgan fingerprint density at radius 3 is 2.08 bits per heavy atom. The van der Waals surface area contributed by atoms with Crippen molar-refractivity contribution < 1.29 is 32.4 Å². The molecular weight excluding hydrogens is 355 g/mol. The minimum Gasteiger partial charge on any atom is -0.489 e. The van der Waals surface area contributed by atoms with Crippen molar-refractivity contribution in [3.8, 4) is 5.75 Å². The summed E-state index contributed by atoms with van der Waals surface area (Å²) < 4.78 is 41.9. The molecule has 26 heavy (non-hydrogen) atoms. The fourth-order valence-corrected chi connectivity index (χ4v) is 1.97. The molecule has 0 aliphatic carbocycles. The van der Waals surface area contributed by atoms with Crippen LogP contribution in [0.15, 0.2) is 48.5 Å². The number of Topliss-reactive ketones (excluding diaryl/α,β-unsaturated/α-hetero) is 2. The topological polar surface area (TPSA) is 86.5 Å². The average Bonchev–Trinajstić information content (AvgIpc) is 2.59. The summed E-state index contributed by atoms with van der Waals surface area (Å²) in [6.45, 7) is 0.109. The molecule has 0 aromatic heterocycles. The lowest BCUT2D eigenvalue weighted by molar-refractivity contribution is -0.384. The van der Waals surface area contributed by atoms with E-state index < -0.39 is 29.1 Å². The lowest BCUT2D eigenvalue weighted by Crippen LogP contribution is -2.25. The molecule has 0 N–H and O–H groups in total. The van der Waals surface area contributed by atoms with Gasteiger partial charge in [-0.2, -0.15) is 13.2 Å². The zero-order valence-corrected chi connectivity index (χ0v) is 13.2. The molecule has 0 heterocycles. The second-order valence-corrected chi connectivity index (χ2v) is 5.26. The Bertz CT molecular complexity index is 814. The molecule has 0 aliphatic rings. The first kappa shape index (κ1) is 19.1. The van der Waals surface area contributed by atoms with E-state index in [1.165, 1.54) is 48.5 Å². The van der Waals surface area contributed by atoms with E-state index in [9.17, 15) is 32.9 Å². The lowest BCUT2D eigenvalue weighted by atomic mass is 10.1. The normalized spacial score (nSPS) is 11.0. The van der Waals surface area contributed by atoms with Gasteiger partial charge in [0.05, 0.1) is 11.3 Å². The molecule has 0 spiro atoms.